The summed E-state index contributed by atoms with van der Waals surface area (Å²) in [5, 5.41) is 2.83. The maximum atomic E-state index is 12.6. The minimum absolute atomic E-state index is 0.00879. The second-order valence-electron chi connectivity index (χ2n) is 6.23. The smallest absolute Gasteiger partial charge is 0.298 e. The lowest BCUT2D eigenvalue weighted by atomic mass is 10.1. The molecular formula is C19H15F3N2O3S2. The Morgan fingerprint density at radius 1 is 1.10 bits per heavy atom. The number of alkyl halides is 3. The van der Waals surface area contributed by atoms with Crippen molar-refractivity contribution in [3.05, 3.63) is 76.3 Å². The molecular weight excluding hydrogens is 425 g/mol. The molecule has 0 saturated heterocycles. The van der Waals surface area contributed by atoms with Crippen LogP contribution in [0.15, 0.2) is 59.6 Å². The molecule has 3 aromatic rings. The van der Waals surface area contributed by atoms with Gasteiger partial charge >= 0.3 is 6.18 Å². The van der Waals surface area contributed by atoms with Gasteiger partial charge in [-0.2, -0.15) is 13.2 Å². The van der Waals surface area contributed by atoms with Gasteiger partial charge in [-0.25, -0.2) is 13.4 Å². The Labute approximate surface area is 169 Å². The molecule has 0 bridgehead atoms. The topological polar surface area (TPSA) is 76.1 Å². The highest BCUT2D eigenvalue weighted by Gasteiger charge is 2.29. The number of anilines is 1. The molecule has 3 rings (SSSR count). The number of hydrogen-bond acceptors (Lipinski definition) is 5. The standard InChI is InChI=1S/C19H15F3N2O3S2/c1-29(26,27)16-5-3-2-4-15(16)17(25)24-18-23-11-14(28-18)10-12-6-8-13(9-7-12)19(20,21)22/h2-9,11H,10H2,1H3,(H,23,24,25). The minimum Gasteiger partial charge on any atom is -0.298 e. The van der Waals surface area contributed by atoms with Crippen LogP contribution in [0.5, 0.6) is 0 Å². The Morgan fingerprint density at radius 3 is 2.38 bits per heavy atom. The number of sulfone groups is 1. The molecule has 0 radical (unpaired) electrons. The largest absolute Gasteiger partial charge is 0.416 e. The number of hydrogen-bond donors (Lipinski definition) is 1. The number of aromatic nitrogens is 1. The zero-order valence-corrected chi connectivity index (χ0v) is 16.7. The van der Waals surface area contributed by atoms with Gasteiger partial charge < -0.3 is 0 Å². The van der Waals surface area contributed by atoms with E-state index in [0.29, 0.717) is 12.0 Å². The van der Waals surface area contributed by atoms with E-state index in [9.17, 15) is 26.4 Å². The molecule has 0 aliphatic rings. The number of thiazole rings is 1. The lowest BCUT2D eigenvalue weighted by Crippen LogP contribution is -2.15. The summed E-state index contributed by atoms with van der Waals surface area (Å²) >= 11 is 1.16. The van der Waals surface area contributed by atoms with Crippen LogP contribution in [-0.2, 0) is 22.4 Å². The third-order valence-corrected chi connectivity index (χ3v) is 6.03. The van der Waals surface area contributed by atoms with Crippen molar-refractivity contribution in [2.75, 3.05) is 11.6 Å². The Kier molecular flexibility index (Phi) is 5.76. The maximum Gasteiger partial charge on any atom is 0.416 e. The zero-order valence-electron chi connectivity index (χ0n) is 15.0. The van der Waals surface area contributed by atoms with Crippen LogP contribution in [0.1, 0.15) is 26.4 Å². The molecule has 152 valence electrons. The summed E-state index contributed by atoms with van der Waals surface area (Å²) in [7, 11) is -3.58. The van der Waals surface area contributed by atoms with Crippen molar-refractivity contribution >= 4 is 32.2 Å². The highest BCUT2D eigenvalue weighted by Crippen LogP contribution is 2.30. The third-order valence-electron chi connectivity index (χ3n) is 3.96. The Morgan fingerprint density at radius 2 is 1.76 bits per heavy atom. The highest BCUT2D eigenvalue weighted by atomic mass is 32.2. The van der Waals surface area contributed by atoms with Gasteiger partial charge in [0.25, 0.3) is 5.91 Å². The van der Waals surface area contributed by atoms with Gasteiger partial charge in [-0.3, -0.25) is 10.1 Å². The van der Waals surface area contributed by atoms with E-state index in [-0.39, 0.29) is 15.6 Å². The van der Waals surface area contributed by atoms with E-state index in [0.717, 1.165) is 34.6 Å². The fourth-order valence-electron chi connectivity index (χ4n) is 2.60. The molecule has 0 atom stereocenters. The quantitative estimate of drug-likeness (QED) is 0.638. The Balaban J connectivity index is 1.72. The van der Waals surface area contributed by atoms with Crippen molar-refractivity contribution in [1.82, 2.24) is 4.98 Å². The first-order chi connectivity index (χ1) is 13.5. The summed E-state index contributed by atoms with van der Waals surface area (Å²) in [6.45, 7) is 0. The molecule has 1 aromatic heterocycles. The summed E-state index contributed by atoms with van der Waals surface area (Å²) in [4.78, 5) is 17.2. The number of nitrogens with one attached hydrogen (secondary N) is 1. The summed E-state index contributed by atoms with van der Waals surface area (Å²) in [5.41, 5.74) is -0.0421. The molecule has 10 heteroatoms. The van der Waals surface area contributed by atoms with Gasteiger partial charge in [-0.15, -0.1) is 11.3 Å². The molecule has 2 aromatic carbocycles. The lowest BCUT2D eigenvalue weighted by molar-refractivity contribution is -0.137. The van der Waals surface area contributed by atoms with Crippen molar-refractivity contribution in [2.45, 2.75) is 17.5 Å². The van der Waals surface area contributed by atoms with Gasteiger partial charge in [0, 0.05) is 23.8 Å². The normalized spacial score (nSPS) is 12.0. The molecule has 1 N–H and O–H groups in total. The molecule has 29 heavy (non-hydrogen) atoms. The van der Waals surface area contributed by atoms with Crippen LogP contribution < -0.4 is 5.32 Å². The summed E-state index contributed by atoms with van der Waals surface area (Å²) in [5.74, 6) is -0.610. The highest BCUT2D eigenvalue weighted by molar-refractivity contribution is 7.90. The van der Waals surface area contributed by atoms with Crippen LogP contribution in [0.25, 0.3) is 0 Å². The van der Waals surface area contributed by atoms with E-state index < -0.39 is 27.5 Å². The van der Waals surface area contributed by atoms with E-state index in [2.05, 4.69) is 10.3 Å². The van der Waals surface area contributed by atoms with Crippen LogP contribution in [0.4, 0.5) is 18.3 Å². The van der Waals surface area contributed by atoms with E-state index in [1.807, 2.05) is 0 Å². The van der Waals surface area contributed by atoms with Gasteiger partial charge in [0.05, 0.1) is 16.0 Å². The summed E-state index contributed by atoms with van der Waals surface area (Å²) in [6, 6.07) is 10.7. The van der Waals surface area contributed by atoms with Gasteiger partial charge in [-0.05, 0) is 29.8 Å². The summed E-state index contributed by atoms with van der Waals surface area (Å²) < 4.78 is 61.6. The molecule has 5 nitrogen and oxygen atoms in total. The average molecular weight is 440 g/mol. The maximum absolute atomic E-state index is 12.6. The number of rotatable bonds is 5. The SMILES string of the molecule is CS(=O)(=O)c1ccccc1C(=O)Nc1ncc(Cc2ccc(C(F)(F)F)cc2)s1. The fourth-order valence-corrected chi connectivity index (χ4v) is 4.33. The van der Waals surface area contributed by atoms with Crippen molar-refractivity contribution in [1.29, 1.82) is 0 Å². The van der Waals surface area contributed by atoms with Crippen molar-refractivity contribution < 1.29 is 26.4 Å². The lowest BCUT2D eigenvalue weighted by Gasteiger charge is -2.07. The number of benzene rings is 2. The molecule has 1 heterocycles. The molecule has 0 aliphatic carbocycles. The summed E-state index contributed by atoms with van der Waals surface area (Å²) in [6.07, 6.45) is -1.50. The fraction of sp³-hybridized carbons (Fsp3) is 0.158. The second-order valence-corrected chi connectivity index (χ2v) is 9.32. The monoisotopic (exact) mass is 440 g/mol. The predicted molar refractivity (Wildman–Crippen MR) is 104 cm³/mol. The van der Waals surface area contributed by atoms with E-state index in [4.69, 9.17) is 0 Å². The van der Waals surface area contributed by atoms with Crippen LogP contribution in [0.2, 0.25) is 0 Å². The molecule has 0 saturated carbocycles. The number of halogens is 3. The van der Waals surface area contributed by atoms with Crippen LogP contribution in [0, 0.1) is 0 Å². The third kappa shape index (κ3) is 5.21. The van der Waals surface area contributed by atoms with Gasteiger partial charge in [0.1, 0.15) is 0 Å². The van der Waals surface area contributed by atoms with Crippen molar-refractivity contribution in [3.63, 3.8) is 0 Å². The first-order valence-electron chi connectivity index (χ1n) is 8.25. The minimum atomic E-state index is -4.39. The van der Waals surface area contributed by atoms with Crippen LogP contribution in [0.3, 0.4) is 0 Å². The van der Waals surface area contributed by atoms with Crippen LogP contribution >= 0.6 is 11.3 Å². The number of nitrogens with zero attached hydrogens (tertiary/aromatic N) is 1. The number of carbonyl (C=O) groups excluding carboxylic acids is 1. The molecule has 0 fully saturated rings. The molecule has 0 spiro atoms. The zero-order chi connectivity index (χ0) is 21.2. The molecule has 0 unspecified atom stereocenters. The Hall–Kier alpha value is -2.72. The van der Waals surface area contributed by atoms with Gasteiger partial charge in [-0.1, -0.05) is 24.3 Å². The van der Waals surface area contributed by atoms with Crippen molar-refractivity contribution in [3.8, 4) is 0 Å². The first kappa shape index (κ1) is 21.0. The van der Waals surface area contributed by atoms with Crippen molar-refractivity contribution in [2.24, 2.45) is 0 Å². The van der Waals surface area contributed by atoms with Crippen LogP contribution in [-0.4, -0.2) is 25.6 Å². The second kappa shape index (κ2) is 7.96. The first-order valence-corrected chi connectivity index (χ1v) is 11.0. The van der Waals surface area contributed by atoms with Gasteiger partial charge in [0.2, 0.25) is 0 Å². The Bertz CT molecular complexity index is 1140. The van der Waals surface area contributed by atoms with Gasteiger partial charge in [0.15, 0.2) is 15.0 Å². The van der Waals surface area contributed by atoms with E-state index >= 15 is 0 Å². The number of carbonyl (C=O) groups is 1. The van der Waals surface area contributed by atoms with E-state index in [1.54, 1.807) is 6.07 Å². The molecule has 0 aliphatic heterocycles. The predicted octanol–water partition coefficient (Wildman–Crippen LogP) is 4.41. The molecule has 1 amide bonds. The average Bonchev–Trinajstić information content (AvgIpc) is 3.07. The van der Waals surface area contributed by atoms with E-state index in [1.165, 1.54) is 36.5 Å². The number of amides is 1.